The second-order valence-electron chi connectivity index (χ2n) is 4.27. The molecule has 0 bridgehead atoms. The summed E-state index contributed by atoms with van der Waals surface area (Å²) in [5.41, 5.74) is 0. The highest BCUT2D eigenvalue weighted by Crippen LogP contribution is 2.25. The summed E-state index contributed by atoms with van der Waals surface area (Å²) in [6.07, 6.45) is -6.50. The van der Waals surface area contributed by atoms with E-state index in [2.05, 4.69) is 0 Å². The maximum atomic E-state index is 9.78. The predicted octanol–water partition coefficient (Wildman–Crippen LogP) is -0.481. The van der Waals surface area contributed by atoms with Crippen molar-refractivity contribution < 1.29 is 29.9 Å². The number of aliphatic hydroxyl groups excluding tert-OH is 4. The molecule has 2 rings (SSSR count). The van der Waals surface area contributed by atoms with Crippen molar-refractivity contribution in [2.45, 2.75) is 30.7 Å². The molecule has 1 aromatic rings. The number of halogens is 1. The fourth-order valence-corrected chi connectivity index (χ4v) is 2.02. The van der Waals surface area contributed by atoms with Crippen molar-refractivity contribution in [3.8, 4) is 5.75 Å². The SMILES string of the molecule is OC[C@@H]1O[C@@H](Oc2cccc(Cl)c2)[C@H](O)[C@@H](O)[C@H]1O. The molecule has 0 aromatic heterocycles. The lowest BCUT2D eigenvalue weighted by Crippen LogP contribution is -2.60. The lowest BCUT2D eigenvalue weighted by molar-refractivity contribution is -0.277. The molecular formula is C12H15ClO6. The van der Waals surface area contributed by atoms with Crippen LogP contribution < -0.4 is 4.74 Å². The van der Waals surface area contributed by atoms with E-state index in [1.165, 1.54) is 6.07 Å². The molecule has 7 heteroatoms. The third-order valence-corrected chi connectivity index (χ3v) is 3.13. The number of ether oxygens (including phenoxy) is 2. The molecule has 1 heterocycles. The lowest BCUT2D eigenvalue weighted by Gasteiger charge is -2.39. The van der Waals surface area contributed by atoms with Gasteiger partial charge in [0.15, 0.2) is 0 Å². The second-order valence-corrected chi connectivity index (χ2v) is 4.71. The third-order valence-electron chi connectivity index (χ3n) is 2.90. The Labute approximate surface area is 114 Å². The minimum Gasteiger partial charge on any atom is -0.462 e. The number of hydrogen-bond donors (Lipinski definition) is 4. The Morgan fingerprint density at radius 3 is 2.53 bits per heavy atom. The summed E-state index contributed by atoms with van der Waals surface area (Å²) in [7, 11) is 0. The fourth-order valence-electron chi connectivity index (χ4n) is 1.84. The number of rotatable bonds is 3. The van der Waals surface area contributed by atoms with Crippen LogP contribution in [0.2, 0.25) is 5.02 Å². The van der Waals surface area contributed by atoms with Crippen molar-refractivity contribution in [3.05, 3.63) is 29.3 Å². The van der Waals surface area contributed by atoms with E-state index in [4.69, 9.17) is 26.2 Å². The molecule has 0 radical (unpaired) electrons. The van der Waals surface area contributed by atoms with Crippen molar-refractivity contribution in [3.63, 3.8) is 0 Å². The van der Waals surface area contributed by atoms with Gasteiger partial charge in [0.05, 0.1) is 6.61 Å². The van der Waals surface area contributed by atoms with Crippen LogP contribution in [0.15, 0.2) is 24.3 Å². The van der Waals surface area contributed by atoms with Gasteiger partial charge in [0.25, 0.3) is 0 Å². The monoisotopic (exact) mass is 290 g/mol. The topological polar surface area (TPSA) is 99.4 Å². The van der Waals surface area contributed by atoms with Crippen LogP contribution >= 0.6 is 11.6 Å². The zero-order chi connectivity index (χ0) is 14.0. The summed E-state index contributed by atoms with van der Waals surface area (Å²) in [6, 6.07) is 6.43. The van der Waals surface area contributed by atoms with Gasteiger partial charge in [-0.2, -0.15) is 0 Å². The van der Waals surface area contributed by atoms with E-state index in [1.807, 2.05) is 0 Å². The largest absolute Gasteiger partial charge is 0.462 e. The van der Waals surface area contributed by atoms with E-state index in [-0.39, 0.29) is 0 Å². The summed E-state index contributed by atoms with van der Waals surface area (Å²) in [6.45, 7) is -0.500. The molecule has 106 valence electrons. The minimum atomic E-state index is -1.46. The smallest absolute Gasteiger partial charge is 0.229 e. The van der Waals surface area contributed by atoms with E-state index >= 15 is 0 Å². The molecule has 0 amide bonds. The molecule has 0 unspecified atom stereocenters. The highest BCUT2D eigenvalue weighted by Gasteiger charge is 2.44. The van der Waals surface area contributed by atoms with Gasteiger partial charge >= 0.3 is 0 Å². The van der Waals surface area contributed by atoms with Crippen molar-refractivity contribution in [2.24, 2.45) is 0 Å². The molecule has 1 fully saturated rings. The lowest BCUT2D eigenvalue weighted by atomic mass is 9.99. The van der Waals surface area contributed by atoms with Gasteiger partial charge in [-0.1, -0.05) is 17.7 Å². The molecule has 1 saturated heterocycles. The molecule has 1 aliphatic rings. The Kier molecular flexibility index (Phi) is 4.62. The van der Waals surface area contributed by atoms with Gasteiger partial charge in [-0.3, -0.25) is 0 Å². The molecule has 1 aromatic carbocycles. The van der Waals surface area contributed by atoms with Crippen molar-refractivity contribution in [2.75, 3.05) is 6.61 Å². The Morgan fingerprint density at radius 1 is 1.16 bits per heavy atom. The molecule has 4 N–H and O–H groups in total. The summed E-state index contributed by atoms with van der Waals surface area (Å²) in [4.78, 5) is 0. The first-order valence-corrected chi connectivity index (χ1v) is 6.13. The van der Waals surface area contributed by atoms with Gasteiger partial charge in [-0.15, -0.1) is 0 Å². The molecule has 0 aliphatic carbocycles. The molecule has 6 nitrogen and oxygen atoms in total. The Morgan fingerprint density at radius 2 is 1.89 bits per heavy atom. The molecular weight excluding hydrogens is 276 g/mol. The standard InChI is InChI=1S/C12H15ClO6/c13-6-2-1-3-7(4-6)18-12-11(17)10(16)9(15)8(5-14)19-12/h1-4,8-12,14-17H,5H2/t8-,9-,10-,11+,12+/m0/s1. The summed E-state index contributed by atoms with van der Waals surface area (Å²) >= 11 is 5.79. The van der Waals surface area contributed by atoms with Crippen molar-refractivity contribution in [1.82, 2.24) is 0 Å². The van der Waals surface area contributed by atoms with Crippen LogP contribution in [0.25, 0.3) is 0 Å². The average Bonchev–Trinajstić information content (AvgIpc) is 2.39. The van der Waals surface area contributed by atoms with Crippen molar-refractivity contribution in [1.29, 1.82) is 0 Å². The molecule has 5 atom stereocenters. The normalized spacial score (nSPS) is 35.1. The molecule has 19 heavy (non-hydrogen) atoms. The third kappa shape index (κ3) is 3.17. The summed E-state index contributed by atoms with van der Waals surface area (Å²) in [5, 5.41) is 38.5. The van der Waals surface area contributed by atoms with E-state index in [0.717, 1.165) is 0 Å². The fraction of sp³-hybridized carbons (Fsp3) is 0.500. The number of benzene rings is 1. The van der Waals surface area contributed by atoms with Gasteiger partial charge in [0.2, 0.25) is 6.29 Å². The Balaban J connectivity index is 2.10. The predicted molar refractivity (Wildman–Crippen MR) is 65.8 cm³/mol. The summed E-state index contributed by atoms with van der Waals surface area (Å²) in [5.74, 6) is 0.344. The quantitative estimate of drug-likeness (QED) is 0.600. The number of aliphatic hydroxyl groups is 4. The number of hydrogen-bond acceptors (Lipinski definition) is 6. The first-order valence-electron chi connectivity index (χ1n) is 5.75. The maximum absolute atomic E-state index is 9.78. The van der Waals surface area contributed by atoms with Crippen LogP contribution in [-0.2, 0) is 4.74 Å². The van der Waals surface area contributed by atoms with Crippen LogP contribution in [0.4, 0.5) is 0 Å². The van der Waals surface area contributed by atoms with E-state index < -0.39 is 37.3 Å². The van der Waals surface area contributed by atoms with Gasteiger partial charge in [-0.05, 0) is 18.2 Å². The van der Waals surface area contributed by atoms with Crippen LogP contribution in [0.3, 0.4) is 0 Å². The highest BCUT2D eigenvalue weighted by atomic mass is 35.5. The van der Waals surface area contributed by atoms with E-state index in [9.17, 15) is 15.3 Å². The van der Waals surface area contributed by atoms with E-state index in [1.54, 1.807) is 18.2 Å². The van der Waals surface area contributed by atoms with Crippen LogP contribution in [-0.4, -0.2) is 57.7 Å². The second kappa shape index (κ2) is 6.04. The molecule has 0 spiro atoms. The summed E-state index contributed by atoms with van der Waals surface area (Å²) < 4.78 is 10.6. The highest BCUT2D eigenvalue weighted by molar-refractivity contribution is 6.30. The van der Waals surface area contributed by atoms with Gasteiger partial charge < -0.3 is 29.9 Å². The zero-order valence-electron chi connectivity index (χ0n) is 9.89. The van der Waals surface area contributed by atoms with Crippen LogP contribution in [0.1, 0.15) is 0 Å². The maximum Gasteiger partial charge on any atom is 0.229 e. The van der Waals surface area contributed by atoms with Crippen LogP contribution in [0.5, 0.6) is 5.75 Å². The Bertz CT molecular complexity index is 426. The van der Waals surface area contributed by atoms with Gasteiger partial charge in [-0.25, -0.2) is 0 Å². The first-order chi connectivity index (χ1) is 9.02. The van der Waals surface area contributed by atoms with E-state index in [0.29, 0.717) is 10.8 Å². The van der Waals surface area contributed by atoms with Gasteiger partial charge in [0, 0.05) is 5.02 Å². The molecule has 1 aliphatic heterocycles. The van der Waals surface area contributed by atoms with Crippen LogP contribution in [0, 0.1) is 0 Å². The minimum absolute atomic E-state index is 0.344. The first kappa shape index (κ1) is 14.5. The molecule has 0 saturated carbocycles. The zero-order valence-corrected chi connectivity index (χ0v) is 10.6. The average molecular weight is 291 g/mol. The Hall–Kier alpha value is -0.890. The van der Waals surface area contributed by atoms with Gasteiger partial charge in [0.1, 0.15) is 30.2 Å². The van der Waals surface area contributed by atoms with Crippen molar-refractivity contribution >= 4 is 11.6 Å².